The van der Waals surface area contributed by atoms with Crippen molar-refractivity contribution in [1.82, 2.24) is 24.9 Å². The van der Waals surface area contributed by atoms with Gasteiger partial charge >= 0.3 is 0 Å². The van der Waals surface area contributed by atoms with Gasteiger partial charge in [0.1, 0.15) is 5.52 Å². The molecule has 0 saturated carbocycles. The summed E-state index contributed by atoms with van der Waals surface area (Å²) in [6, 6.07) is 14.0. The summed E-state index contributed by atoms with van der Waals surface area (Å²) in [5.41, 5.74) is 3.51. The summed E-state index contributed by atoms with van der Waals surface area (Å²) in [5, 5.41) is 9.51. The van der Waals surface area contributed by atoms with Crippen LogP contribution < -0.4 is 0 Å². The summed E-state index contributed by atoms with van der Waals surface area (Å²) in [6.07, 6.45) is 1.92. The van der Waals surface area contributed by atoms with Gasteiger partial charge in [-0.3, -0.25) is 4.79 Å². The SMILES string of the molecule is CCn1nnc2cc(C(=O)N3CCC(c4nc5ccccc5s4)CC3)ccc21. The first-order valence-corrected chi connectivity index (χ1v) is 10.5. The van der Waals surface area contributed by atoms with Gasteiger partial charge in [0.25, 0.3) is 5.91 Å². The Morgan fingerprint density at radius 2 is 1.96 bits per heavy atom. The standard InChI is InChI=1S/C21H21N5OS/c1-2-26-18-8-7-15(13-17(18)23-24-26)21(27)25-11-9-14(10-12-25)20-22-16-5-3-4-6-19(16)28-20/h3-8,13-14H,2,9-12H2,1H3. The molecule has 5 rings (SSSR count). The Hall–Kier alpha value is -2.80. The molecule has 0 aliphatic carbocycles. The molecule has 3 heterocycles. The summed E-state index contributed by atoms with van der Waals surface area (Å²) in [7, 11) is 0. The van der Waals surface area contributed by atoms with Gasteiger partial charge < -0.3 is 4.90 Å². The first-order chi connectivity index (χ1) is 13.7. The molecule has 0 radical (unpaired) electrons. The molecule has 1 aliphatic heterocycles. The van der Waals surface area contributed by atoms with E-state index in [4.69, 9.17) is 4.98 Å². The van der Waals surface area contributed by atoms with E-state index in [0.717, 1.165) is 49.0 Å². The molecule has 0 unspecified atom stereocenters. The molecule has 1 amide bonds. The molecular weight excluding hydrogens is 370 g/mol. The molecule has 0 spiro atoms. The van der Waals surface area contributed by atoms with Crippen LogP contribution in [0.25, 0.3) is 21.3 Å². The Labute approximate surface area is 166 Å². The van der Waals surface area contributed by atoms with Crippen LogP contribution in [0.5, 0.6) is 0 Å². The van der Waals surface area contributed by atoms with E-state index in [1.807, 2.05) is 40.8 Å². The van der Waals surface area contributed by atoms with Crippen LogP contribution in [0.2, 0.25) is 0 Å². The van der Waals surface area contributed by atoms with E-state index in [9.17, 15) is 4.79 Å². The summed E-state index contributed by atoms with van der Waals surface area (Å²) >= 11 is 1.78. The highest BCUT2D eigenvalue weighted by molar-refractivity contribution is 7.18. The molecular formula is C21H21N5OS. The van der Waals surface area contributed by atoms with Gasteiger partial charge in [-0.05, 0) is 50.1 Å². The third-order valence-corrected chi connectivity index (χ3v) is 6.70. The molecule has 0 bridgehead atoms. The molecule has 2 aromatic carbocycles. The largest absolute Gasteiger partial charge is 0.339 e. The zero-order valence-corrected chi connectivity index (χ0v) is 16.5. The second-order valence-electron chi connectivity index (χ2n) is 7.20. The van der Waals surface area contributed by atoms with Crippen LogP contribution in [0.3, 0.4) is 0 Å². The molecule has 1 saturated heterocycles. The van der Waals surface area contributed by atoms with Crippen LogP contribution in [0.4, 0.5) is 0 Å². The zero-order valence-electron chi connectivity index (χ0n) is 15.7. The van der Waals surface area contributed by atoms with Crippen molar-refractivity contribution in [1.29, 1.82) is 0 Å². The fourth-order valence-electron chi connectivity index (χ4n) is 3.92. The third-order valence-electron chi connectivity index (χ3n) is 5.50. The van der Waals surface area contributed by atoms with Crippen molar-refractivity contribution < 1.29 is 4.79 Å². The Kier molecular flexibility index (Phi) is 4.31. The number of benzene rings is 2. The topological polar surface area (TPSA) is 63.9 Å². The van der Waals surface area contributed by atoms with E-state index in [1.54, 1.807) is 11.3 Å². The molecule has 4 aromatic rings. The number of amides is 1. The van der Waals surface area contributed by atoms with Crippen LogP contribution in [-0.4, -0.2) is 43.9 Å². The maximum Gasteiger partial charge on any atom is 0.253 e. The fraction of sp³-hybridized carbons (Fsp3) is 0.333. The smallest absolute Gasteiger partial charge is 0.253 e. The maximum atomic E-state index is 13.0. The number of para-hydroxylation sites is 1. The number of aryl methyl sites for hydroxylation is 1. The number of hydrogen-bond acceptors (Lipinski definition) is 5. The van der Waals surface area contributed by atoms with Crippen LogP contribution in [0, 0.1) is 0 Å². The van der Waals surface area contributed by atoms with Crippen molar-refractivity contribution in [2.75, 3.05) is 13.1 Å². The van der Waals surface area contributed by atoms with Crippen molar-refractivity contribution in [2.24, 2.45) is 0 Å². The number of nitrogens with zero attached hydrogens (tertiary/aromatic N) is 5. The van der Waals surface area contributed by atoms with Crippen molar-refractivity contribution in [2.45, 2.75) is 32.2 Å². The Balaban J connectivity index is 1.30. The van der Waals surface area contributed by atoms with Gasteiger partial charge in [-0.1, -0.05) is 17.3 Å². The number of hydrogen-bond donors (Lipinski definition) is 0. The van der Waals surface area contributed by atoms with E-state index >= 15 is 0 Å². The lowest BCUT2D eigenvalue weighted by Crippen LogP contribution is -2.37. The molecule has 0 N–H and O–H groups in total. The monoisotopic (exact) mass is 391 g/mol. The number of piperidine rings is 1. The van der Waals surface area contributed by atoms with Crippen molar-refractivity contribution >= 4 is 38.5 Å². The van der Waals surface area contributed by atoms with Gasteiger partial charge in [0.15, 0.2) is 0 Å². The average Bonchev–Trinajstić information content (AvgIpc) is 3.36. The van der Waals surface area contributed by atoms with Crippen molar-refractivity contribution in [3.8, 4) is 0 Å². The highest BCUT2D eigenvalue weighted by Crippen LogP contribution is 2.34. The lowest BCUT2D eigenvalue weighted by atomic mass is 9.97. The molecule has 28 heavy (non-hydrogen) atoms. The molecule has 1 aliphatic rings. The van der Waals surface area contributed by atoms with E-state index in [-0.39, 0.29) is 5.91 Å². The lowest BCUT2D eigenvalue weighted by molar-refractivity contribution is 0.0713. The van der Waals surface area contributed by atoms with Gasteiger partial charge in [-0.25, -0.2) is 9.67 Å². The van der Waals surface area contributed by atoms with Gasteiger partial charge in [-0.15, -0.1) is 16.4 Å². The second-order valence-corrected chi connectivity index (χ2v) is 8.26. The zero-order chi connectivity index (χ0) is 19.1. The number of thiazole rings is 1. The number of fused-ring (bicyclic) bond motifs is 2. The average molecular weight is 392 g/mol. The summed E-state index contributed by atoms with van der Waals surface area (Å²) < 4.78 is 3.08. The van der Waals surface area contributed by atoms with E-state index in [1.165, 1.54) is 9.71 Å². The van der Waals surface area contributed by atoms with Gasteiger partial charge in [0.2, 0.25) is 0 Å². The van der Waals surface area contributed by atoms with Crippen LogP contribution in [0.1, 0.15) is 41.0 Å². The second kappa shape index (κ2) is 6.98. The lowest BCUT2D eigenvalue weighted by Gasteiger charge is -2.31. The third kappa shape index (κ3) is 2.96. The first-order valence-electron chi connectivity index (χ1n) is 9.71. The summed E-state index contributed by atoms with van der Waals surface area (Å²) in [6.45, 7) is 4.32. The van der Waals surface area contributed by atoms with Crippen LogP contribution >= 0.6 is 11.3 Å². The van der Waals surface area contributed by atoms with Gasteiger partial charge in [0, 0.05) is 31.1 Å². The minimum absolute atomic E-state index is 0.0794. The normalized spacial score (nSPS) is 15.5. The highest BCUT2D eigenvalue weighted by atomic mass is 32.1. The van der Waals surface area contributed by atoms with Crippen molar-refractivity contribution in [3.63, 3.8) is 0 Å². The van der Waals surface area contributed by atoms with E-state index in [2.05, 4.69) is 28.5 Å². The number of likely N-dealkylation sites (tertiary alicyclic amines) is 1. The minimum atomic E-state index is 0.0794. The Morgan fingerprint density at radius 3 is 2.75 bits per heavy atom. The molecule has 7 heteroatoms. The molecule has 1 fully saturated rings. The molecule has 2 aromatic heterocycles. The summed E-state index contributed by atoms with van der Waals surface area (Å²) in [5.74, 6) is 0.518. The predicted molar refractivity (Wildman–Crippen MR) is 111 cm³/mol. The van der Waals surface area contributed by atoms with Crippen molar-refractivity contribution in [3.05, 3.63) is 53.0 Å². The molecule has 6 nitrogen and oxygen atoms in total. The van der Waals surface area contributed by atoms with Crippen LogP contribution in [-0.2, 0) is 6.54 Å². The number of carbonyl (C=O) groups excluding carboxylic acids is 1. The van der Waals surface area contributed by atoms with Gasteiger partial charge in [0.05, 0.1) is 20.7 Å². The van der Waals surface area contributed by atoms with E-state index < -0.39 is 0 Å². The number of rotatable bonds is 3. The Bertz CT molecular complexity index is 1120. The first kappa shape index (κ1) is 17.3. The predicted octanol–water partition coefficient (Wildman–Crippen LogP) is 4.08. The van der Waals surface area contributed by atoms with Crippen LogP contribution in [0.15, 0.2) is 42.5 Å². The maximum absolute atomic E-state index is 13.0. The van der Waals surface area contributed by atoms with Gasteiger partial charge in [-0.2, -0.15) is 0 Å². The number of carbonyl (C=O) groups is 1. The Morgan fingerprint density at radius 1 is 1.14 bits per heavy atom. The highest BCUT2D eigenvalue weighted by Gasteiger charge is 2.26. The molecule has 142 valence electrons. The molecule has 0 atom stereocenters. The quantitative estimate of drug-likeness (QED) is 0.528. The number of aromatic nitrogens is 4. The van der Waals surface area contributed by atoms with E-state index in [0.29, 0.717) is 11.5 Å². The summed E-state index contributed by atoms with van der Waals surface area (Å²) in [4.78, 5) is 19.7. The minimum Gasteiger partial charge on any atom is -0.339 e. The fourth-order valence-corrected chi connectivity index (χ4v) is 5.05.